The Kier molecular flexibility index (Phi) is 3.52. The van der Waals surface area contributed by atoms with Crippen LogP contribution in [0.3, 0.4) is 0 Å². The first-order chi connectivity index (χ1) is 8.88. The summed E-state index contributed by atoms with van der Waals surface area (Å²) in [6, 6.07) is 7.10. The first-order valence-electron chi connectivity index (χ1n) is 7.09. The van der Waals surface area contributed by atoms with Crippen molar-refractivity contribution in [2.24, 2.45) is 0 Å². The fraction of sp³-hybridized carbons (Fsp3) is 0.600. The van der Waals surface area contributed by atoms with Crippen LogP contribution in [0.5, 0.6) is 5.75 Å². The number of ether oxygens (including phenoxy) is 1. The second-order valence-corrected chi connectivity index (χ2v) is 5.18. The van der Waals surface area contributed by atoms with Crippen LogP contribution in [-0.2, 0) is 6.54 Å². The standard InChI is InChI=1S/C15H22N2O/c1-2-18-13-6-5-12-10-16-11-15(14(12)9-13)17-7-3-4-8-17/h5-6,9,15-16H,2-4,7-8,10-11H2,1H3/t15-/m0/s1. The molecule has 1 saturated heterocycles. The molecule has 0 amide bonds. The number of benzene rings is 1. The van der Waals surface area contributed by atoms with Crippen LogP contribution in [0.1, 0.15) is 36.9 Å². The predicted octanol–water partition coefficient (Wildman–Crippen LogP) is 2.33. The molecule has 0 aliphatic carbocycles. The van der Waals surface area contributed by atoms with Crippen LogP contribution in [0, 0.1) is 0 Å². The van der Waals surface area contributed by atoms with Crippen molar-refractivity contribution in [2.45, 2.75) is 32.4 Å². The normalized spacial score (nSPS) is 23.9. The Balaban J connectivity index is 1.89. The highest BCUT2D eigenvalue weighted by Gasteiger charge is 2.27. The average Bonchev–Trinajstić information content (AvgIpc) is 2.92. The van der Waals surface area contributed by atoms with Crippen LogP contribution in [0.15, 0.2) is 18.2 Å². The Bertz CT molecular complexity index is 413. The van der Waals surface area contributed by atoms with Gasteiger partial charge in [0.1, 0.15) is 5.75 Å². The molecule has 0 radical (unpaired) electrons. The molecule has 98 valence electrons. The molecule has 1 fully saturated rings. The van der Waals surface area contributed by atoms with Gasteiger partial charge < -0.3 is 10.1 Å². The molecule has 0 spiro atoms. The second-order valence-electron chi connectivity index (χ2n) is 5.18. The van der Waals surface area contributed by atoms with Crippen LogP contribution in [0.4, 0.5) is 0 Å². The van der Waals surface area contributed by atoms with Gasteiger partial charge in [0.05, 0.1) is 6.61 Å². The first-order valence-corrected chi connectivity index (χ1v) is 7.09. The lowest BCUT2D eigenvalue weighted by Gasteiger charge is -2.33. The number of hydrogen-bond acceptors (Lipinski definition) is 3. The van der Waals surface area contributed by atoms with E-state index in [-0.39, 0.29) is 0 Å². The molecule has 0 unspecified atom stereocenters. The molecule has 0 saturated carbocycles. The molecule has 2 aliphatic rings. The minimum Gasteiger partial charge on any atom is -0.494 e. The van der Waals surface area contributed by atoms with Crippen LogP contribution in [0.25, 0.3) is 0 Å². The summed E-state index contributed by atoms with van der Waals surface area (Å²) in [5.41, 5.74) is 2.91. The molecule has 1 N–H and O–H groups in total. The quantitative estimate of drug-likeness (QED) is 0.886. The summed E-state index contributed by atoms with van der Waals surface area (Å²) < 4.78 is 5.64. The molecule has 0 bridgehead atoms. The van der Waals surface area contributed by atoms with E-state index in [0.29, 0.717) is 6.04 Å². The molecule has 2 heterocycles. The largest absolute Gasteiger partial charge is 0.494 e. The SMILES string of the molecule is CCOc1ccc2c(c1)[C@@H](N1CCCC1)CNC2. The van der Waals surface area contributed by atoms with Crippen molar-refractivity contribution in [3.05, 3.63) is 29.3 Å². The molecule has 1 aromatic rings. The Morgan fingerprint density at radius 2 is 2.17 bits per heavy atom. The van der Waals surface area contributed by atoms with Gasteiger partial charge in [0.15, 0.2) is 0 Å². The van der Waals surface area contributed by atoms with Crippen LogP contribution < -0.4 is 10.1 Å². The van der Waals surface area contributed by atoms with Gasteiger partial charge in [-0.2, -0.15) is 0 Å². The zero-order valence-electron chi connectivity index (χ0n) is 11.1. The molecule has 3 heteroatoms. The average molecular weight is 246 g/mol. The third kappa shape index (κ3) is 2.25. The van der Waals surface area contributed by atoms with E-state index in [0.717, 1.165) is 25.4 Å². The molecule has 1 atom stereocenters. The Hall–Kier alpha value is -1.06. The predicted molar refractivity (Wildman–Crippen MR) is 72.9 cm³/mol. The summed E-state index contributed by atoms with van der Waals surface area (Å²) in [4.78, 5) is 2.61. The van der Waals surface area contributed by atoms with Crippen molar-refractivity contribution in [3.8, 4) is 5.75 Å². The van der Waals surface area contributed by atoms with Gasteiger partial charge >= 0.3 is 0 Å². The number of fused-ring (bicyclic) bond motifs is 1. The Morgan fingerprint density at radius 1 is 1.33 bits per heavy atom. The van der Waals surface area contributed by atoms with Crippen molar-refractivity contribution in [2.75, 3.05) is 26.2 Å². The molecule has 1 aromatic carbocycles. The fourth-order valence-corrected chi connectivity index (χ4v) is 3.13. The Morgan fingerprint density at radius 3 is 2.94 bits per heavy atom. The zero-order valence-corrected chi connectivity index (χ0v) is 11.1. The van der Waals surface area contributed by atoms with Crippen molar-refractivity contribution in [3.63, 3.8) is 0 Å². The first kappa shape index (κ1) is 12.0. The van der Waals surface area contributed by atoms with E-state index < -0.39 is 0 Å². The Labute approximate surface area is 109 Å². The highest BCUT2D eigenvalue weighted by atomic mass is 16.5. The van der Waals surface area contributed by atoms with Gasteiger partial charge in [0.25, 0.3) is 0 Å². The minimum atomic E-state index is 0.539. The van der Waals surface area contributed by atoms with E-state index in [2.05, 4.69) is 28.4 Å². The summed E-state index contributed by atoms with van der Waals surface area (Å²) in [5, 5.41) is 3.54. The summed E-state index contributed by atoms with van der Waals surface area (Å²) >= 11 is 0. The van der Waals surface area contributed by atoms with E-state index in [9.17, 15) is 0 Å². The van der Waals surface area contributed by atoms with Crippen molar-refractivity contribution >= 4 is 0 Å². The van der Waals surface area contributed by atoms with Gasteiger partial charge in [-0.1, -0.05) is 6.07 Å². The van der Waals surface area contributed by atoms with Crippen LogP contribution in [0.2, 0.25) is 0 Å². The second kappa shape index (κ2) is 5.29. The van der Waals surface area contributed by atoms with E-state index in [1.54, 1.807) is 0 Å². The minimum absolute atomic E-state index is 0.539. The fourth-order valence-electron chi connectivity index (χ4n) is 3.13. The molecule has 18 heavy (non-hydrogen) atoms. The maximum absolute atomic E-state index is 5.64. The third-order valence-corrected chi connectivity index (χ3v) is 4.02. The molecule has 0 aromatic heterocycles. The van der Waals surface area contributed by atoms with Gasteiger partial charge in [-0.05, 0) is 56.1 Å². The van der Waals surface area contributed by atoms with Gasteiger partial charge in [-0.15, -0.1) is 0 Å². The molecule has 3 rings (SSSR count). The molecular formula is C15H22N2O. The van der Waals surface area contributed by atoms with Gasteiger partial charge in [-0.25, -0.2) is 0 Å². The van der Waals surface area contributed by atoms with E-state index in [1.165, 1.54) is 37.1 Å². The summed E-state index contributed by atoms with van der Waals surface area (Å²) in [6.45, 7) is 7.33. The van der Waals surface area contributed by atoms with Crippen molar-refractivity contribution in [1.82, 2.24) is 10.2 Å². The van der Waals surface area contributed by atoms with Crippen LogP contribution in [-0.4, -0.2) is 31.1 Å². The smallest absolute Gasteiger partial charge is 0.119 e. The lowest BCUT2D eigenvalue weighted by molar-refractivity contribution is 0.227. The maximum Gasteiger partial charge on any atom is 0.119 e. The monoisotopic (exact) mass is 246 g/mol. The number of nitrogens with one attached hydrogen (secondary N) is 1. The highest BCUT2D eigenvalue weighted by Crippen LogP contribution is 2.32. The van der Waals surface area contributed by atoms with Crippen LogP contribution >= 0.6 is 0 Å². The third-order valence-electron chi connectivity index (χ3n) is 4.02. The van der Waals surface area contributed by atoms with E-state index in [1.807, 2.05) is 6.92 Å². The molecular weight excluding hydrogens is 224 g/mol. The number of hydrogen-bond donors (Lipinski definition) is 1. The lowest BCUT2D eigenvalue weighted by Crippen LogP contribution is -2.38. The topological polar surface area (TPSA) is 24.5 Å². The zero-order chi connectivity index (χ0) is 12.4. The summed E-state index contributed by atoms with van der Waals surface area (Å²) in [5.74, 6) is 1.02. The van der Waals surface area contributed by atoms with E-state index >= 15 is 0 Å². The number of nitrogens with zero attached hydrogens (tertiary/aromatic N) is 1. The molecule has 2 aliphatic heterocycles. The maximum atomic E-state index is 5.64. The summed E-state index contributed by atoms with van der Waals surface area (Å²) in [7, 11) is 0. The molecule has 3 nitrogen and oxygen atoms in total. The van der Waals surface area contributed by atoms with E-state index in [4.69, 9.17) is 4.74 Å². The van der Waals surface area contributed by atoms with Crippen molar-refractivity contribution in [1.29, 1.82) is 0 Å². The lowest BCUT2D eigenvalue weighted by atomic mass is 9.95. The van der Waals surface area contributed by atoms with Gasteiger partial charge in [0, 0.05) is 19.1 Å². The van der Waals surface area contributed by atoms with Gasteiger partial charge in [0.2, 0.25) is 0 Å². The summed E-state index contributed by atoms with van der Waals surface area (Å²) in [6.07, 6.45) is 2.69. The highest BCUT2D eigenvalue weighted by molar-refractivity contribution is 5.39. The number of likely N-dealkylation sites (tertiary alicyclic amines) is 1. The number of rotatable bonds is 3. The van der Waals surface area contributed by atoms with Crippen molar-refractivity contribution < 1.29 is 4.74 Å². The van der Waals surface area contributed by atoms with Gasteiger partial charge in [-0.3, -0.25) is 4.90 Å².